The third-order valence-corrected chi connectivity index (χ3v) is 4.69. The van der Waals surface area contributed by atoms with Crippen LogP contribution >= 0.6 is 0 Å². The van der Waals surface area contributed by atoms with Gasteiger partial charge in [0.2, 0.25) is 0 Å². The topological polar surface area (TPSA) is 59.1 Å². The van der Waals surface area contributed by atoms with Crippen LogP contribution in [0, 0.1) is 5.41 Å². The first-order valence-electron chi connectivity index (χ1n) is 4.36. The SMILES string of the molecule is CO[Si](C)(C)CCCCC(=N)N. The van der Waals surface area contributed by atoms with Gasteiger partial charge in [-0.05, 0) is 25.6 Å². The summed E-state index contributed by atoms with van der Waals surface area (Å²) < 4.78 is 5.40. The molecule has 4 heteroatoms. The van der Waals surface area contributed by atoms with Crippen LogP contribution in [0.3, 0.4) is 0 Å². The van der Waals surface area contributed by atoms with Gasteiger partial charge in [0.15, 0.2) is 8.32 Å². The maximum atomic E-state index is 7.03. The van der Waals surface area contributed by atoms with E-state index in [0.29, 0.717) is 5.84 Å². The normalized spacial score (nSPS) is 11.6. The van der Waals surface area contributed by atoms with E-state index in [-0.39, 0.29) is 0 Å². The lowest BCUT2D eigenvalue weighted by molar-refractivity contribution is 0.401. The third-order valence-electron chi connectivity index (χ3n) is 2.03. The summed E-state index contributed by atoms with van der Waals surface area (Å²) in [5, 5.41) is 7.03. The van der Waals surface area contributed by atoms with Gasteiger partial charge in [0.1, 0.15) is 0 Å². The molecule has 0 atom stereocenters. The number of nitrogens with two attached hydrogens (primary N) is 1. The van der Waals surface area contributed by atoms with Crippen molar-refractivity contribution in [3.63, 3.8) is 0 Å². The molecule has 0 unspecified atom stereocenters. The van der Waals surface area contributed by atoms with Gasteiger partial charge in [0, 0.05) is 13.5 Å². The molecule has 0 aromatic carbocycles. The number of hydrogen-bond donors (Lipinski definition) is 2. The Labute approximate surface area is 75.9 Å². The zero-order valence-electron chi connectivity index (χ0n) is 8.31. The molecule has 12 heavy (non-hydrogen) atoms. The van der Waals surface area contributed by atoms with Crippen LogP contribution in [0.25, 0.3) is 0 Å². The summed E-state index contributed by atoms with van der Waals surface area (Å²) in [5.74, 6) is 0.298. The van der Waals surface area contributed by atoms with Crippen LogP contribution in [0.1, 0.15) is 19.3 Å². The molecule has 0 aliphatic rings. The van der Waals surface area contributed by atoms with Gasteiger partial charge >= 0.3 is 0 Å². The third kappa shape index (κ3) is 6.36. The molecule has 0 saturated heterocycles. The van der Waals surface area contributed by atoms with Crippen molar-refractivity contribution in [2.45, 2.75) is 38.4 Å². The second kappa shape index (κ2) is 5.32. The second-order valence-electron chi connectivity index (χ2n) is 3.70. The summed E-state index contributed by atoms with van der Waals surface area (Å²) in [6.07, 6.45) is 2.88. The van der Waals surface area contributed by atoms with E-state index < -0.39 is 8.32 Å². The standard InChI is InChI=1S/C8H20N2OSi/c1-11-12(2,3)7-5-4-6-8(9)10/h4-7H2,1-3H3,(H3,9,10). The highest BCUT2D eigenvalue weighted by molar-refractivity contribution is 6.71. The van der Waals surface area contributed by atoms with Crippen molar-refractivity contribution in [1.82, 2.24) is 0 Å². The molecule has 0 aromatic rings. The van der Waals surface area contributed by atoms with E-state index in [4.69, 9.17) is 15.6 Å². The largest absolute Gasteiger partial charge is 0.420 e. The zero-order chi connectivity index (χ0) is 9.61. The van der Waals surface area contributed by atoms with Crippen LogP contribution in [-0.2, 0) is 4.43 Å². The van der Waals surface area contributed by atoms with Crippen LogP contribution in [0.5, 0.6) is 0 Å². The van der Waals surface area contributed by atoms with E-state index in [0.717, 1.165) is 25.3 Å². The average Bonchev–Trinajstić information content (AvgIpc) is 1.98. The Morgan fingerprint density at radius 1 is 1.42 bits per heavy atom. The minimum absolute atomic E-state index is 0.298. The summed E-state index contributed by atoms with van der Waals surface area (Å²) in [6, 6.07) is 1.16. The molecule has 3 nitrogen and oxygen atoms in total. The average molecular weight is 188 g/mol. The molecule has 0 bridgehead atoms. The van der Waals surface area contributed by atoms with Crippen molar-refractivity contribution in [1.29, 1.82) is 5.41 Å². The van der Waals surface area contributed by atoms with E-state index in [1.807, 2.05) is 0 Å². The fraction of sp³-hybridized carbons (Fsp3) is 0.875. The fourth-order valence-corrected chi connectivity index (χ4v) is 2.27. The Balaban J connectivity index is 3.37. The molecule has 3 N–H and O–H groups in total. The maximum absolute atomic E-state index is 7.03. The quantitative estimate of drug-likeness (QED) is 0.290. The molecule has 72 valence electrons. The van der Waals surface area contributed by atoms with Crippen LogP contribution in [-0.4, -0.2) is 21.3 Å². The lowest BCUT2D eigenvalue weighted by Gasteiger charge is -2.19. The van der Waals surface area contributed by atoms with Crippen LogP contribution < -0.4 is 5.73 Å². The Kier molecular flexibility index (Phi) is 5.16. The van der Waals surface area contributed by atoms with E-state index in [1.165, 1.54) is 0 Å². The Bertz CT molecular complexity index is 148. The Hall–Kier alpha value is -0.353. The van der Waals surface area contributed by atoms with Crippen LogP contribution in [0.15, 0.2) is 0 Å². The molecule has 0 rings (SSSR count). The summed E-state index contributed by atoms with van der Waals surface area (Å²) in [5.41, 5.74) is 5.24. The van der Waals surface area contributed by atoms with Gasteiger partial charge < -0.3 is 10.2 Å². The van der Waals surface area contributed by atoms with Crippen molar-refractivity contribution in [3.05, 3.63) is 0 Å². The second-order valence-corrected chi connectivity index (χ2v) is 8.12. The number of rotatable bonds is 6. The highest BCUT2D eigenvalue weighted by Gasteiger charge is 2.19. The summed E-state index contributed by atoms with van der Waals surface area (Å²) in [7, 11) is 0.428. The van der Waals surface area contributed by atoms with E-state index in [2.05, 4.69) is 13.1 Å². The Morgan fingerprint density at radius 2 is 2.00 bits per heavy atom. The molecule has 0 heterocycles. The van der Waals surface area contributed by atoms with Crippen LogP contribution in [0.2, 0.25) is 19.1 Å². The first-order valence-corrected chi connectivity index (χ1v) is 7.47. The number of unbranched alkanes of at least 4 members (excludes halogenated alkanes) is 1. The van der Waals surface area contributed by atoms with Gasteiger partial charge in [0.25, 0.3) is 0 Å². The van der Waals surface area contributed by atoms with Crippen molar-refractivity contribution < 1.29 is 4.43 Å². The minimum atomic E-state index is -1.36. The number of nitrogens with one attached hydrogen (secondary N) is 1. The summed E-state index contributed by atoms with van der Waals surface area (Å²) in [4.78, 5) is 0. The predicted molar refractivity (Wildman–Crippen MR) is 55.1 cm³/mol. The van der Waals surface area contributed by atoms with Crippen molar-refractivity contribution in [3.8, 4) is 0 Å². The first kappa shape index (κ1) is 11.6. The van der Waals surface area contributed by atoms with Gasteiger partial charge in [-0.25, -0.2) is 0 Å². The Morgan fingerprint density at radius 3 is 2.42 bits per heavy atom. The number of amidine groups is 1. The monoisotopic (exact) mass is 188 g/mol. The molecular formula is C8H20N2OSi. The van der Waals surface area contributed by atoms with Crippen molar-refractivity contribution in [2.75, 3.05) is 7.11 Å². The van der Waals surface area contributed by atoms with Gasteiger partial charge in [-0.1, -0.05) is 6.42 Å². The van der Waals surface area contributed by atoms with Gasteiger partial charge in [-0.15, -0.1) is 0 Å². The van der Waals surface area contributed by atoms with Crippen molar-refractivity contribution >= 4 is 14.2 Å². The van der Waals surface area contributed by atoms with E-state index in [9.17, 15) is 0 Å². The summed E-state index contributed by atoms with van der Waals surface area (Å²) >= 11 is 0. The highest BCUT2D eigenvalue weighted by Crippen LogP contribution is 2.14. The smallest absolute Gasteiger partial charge is 0.186 e. The molecule has 0 radical (unpaired) electrons. The highest BCUT2D eigenvalue weighted by atomic mass is 28.4. The van der Waals surface area contributed by atoms with Crippen molar-refractivity contribution in [2.24, 2.45) is 5.73 Å². The lowest BCUT2D eigenvalue weighted by Crippen LogP contribution is -2.28. The molecule has 0 aliphatic heterocycles. The maximum Gasteiger partial charge on any atom is 0.186 e. The molecule has 0 amide bonds. The molecular weight excluding hydrogens is 168 g/mol. The molecule has 0 fully saturated rings. The zero-order valence-corrected chi connectivity index (χ0v) is 9.31. The lowest BCUT2D eigenvalue weighted by atomic mass is 10.2. The predicted octanol–water partition coefficient (Wildman–Crippen LogP) is 1.94. The fourth-order valence-electron chi connectivity index (χ4n) is 0.968. The van der Waals surface area contributed by atoms with E-state index in [1.54, 1.807) is 7.11 Å². The molecule has 0 spiro atoms. The van der Waals surface area contributed by atoms with Crippen LogP contribution in [0.4, 0.5) is 0 Å². The summed E-state index contributed by atoms with van der Waals surface area (Å²) in [6.45, 7) is 4.42. The molecule has 0 aliphatic carbocycles. The minimum Gasteiger partial charge on any atom is -0.420 e. The molecule has 0 saturated carbocycles. The van der Waals surface area contributed by atoms with E-state index >= 15 is 0 Å². The van der Waals surface area contributed by atoms with Gasteiger partial charge in [0.05, 0.1) is 5.84 Å². The van der Waals surface area contributed by atoms with Gasteiger partial charge in [-0.3, -0.25) is 5.41 Å². The molecule has 0 aromatic heterocycles. The number of hydrogen-bond acceptors (Lipinski definition) is 2. The first-order chi connectivity index (χ1) is 5.48. The van der Waals surface area contributed by atoms with Gasteiger partial charge in [-0.2, -0.15) is 0 Å².